The first-order valence-electron chi connectivity index (χ1n) is 23.4. The summed E-state index contributed by atoms with van der Waals surface area (Å²) in [6.45, 7) is 22.5. The third-order valence-corrected chi connectivity index (χ3v) is 13.9. The van der Waals surface area contributed by atoms with Crippen LogP contribution < -0.4 is 21.3 Å². The van der Waals surface area contributed by atoms with Gasteiger partial charge in [0.15, 0.2) is 52.4 Å². The number of hydrogen-bond acceptors (Lipinski definition) is 1. The molecule has 0 saturated carbocycles. The van der Waals surface area contributed by atoms with Crippen molar-refractivity contribution in [2.24, 2.45) is 0 Å². The van der Waals surface area contributed by atoms with E-state index in [1.54, 1.807) is 32.3 Å². The summed E-state index contributed by atoms with van der Waals surface area (Å²) in [4.78, 5) is 1.38. The summed E-state index contributed by atoms with van der Waals surface area (Å²) in [6.07, 6.45) is -6.67. The lowest BCUT2D eigenvalue weighted by Gasteiger charge is -2.47. The predicted molar refractivity (Wildman–Crippen MR) is 247 cm³/mol. The molecule has 1 aliphatic heterocycles. The number of nitrogens with zero attached hydrogens (tertiary/aromatic N) is 2. The van der Waals surface area contributed by atoms with Crippen molar-refractivity contribution in [1.82, 2.24) is 0 Å². The van der Waals surface area contributed by atoms with Crippen molar-refractivity contribution in [3.05, 3.63) is 145 Å². The molecule has 0 saturated heterocycles. The molecule has 1 aliphatic rings. The first-order chi connectivity index (χ1) is 32.9. The van der Waals surface area contributed by atoms with Crippen LogP contribution in [0.15, 0.2) is 24.3 Å². The molecule has 384 valence electrons. The van der Waals surface area contributed by atoms with E-state index in [1.807, 2.05) is 79.7 Å². The van der Waals surface area contributed by atoms with Crippen molar-refractivity contribution in [3.63, 3.8) is 0 Å². The van der Waals surface area contributed by atoms with Crippen molar-refractivity contribution in [1.29, 1.82) is 0 Å². The molecule has 0 N–H and O–H groups in total. The Labute approximate surface area is 403 Å². The molecular formula is C53H54BF15N2. The molecular weight excluding hydrogens is 960 g/mol. The number of hydrogen-bond donors (Lipinski definition) is 0. The van der Waals surface area contributed by atoms with E-state index in [9.17, 15) is 13.2 Å². The minimum atomic E-state index is -5.85. The molecule has 0 amide bonds. The Morgan fingerprint density at radius 2 is 0.676 bits per heavy atom. The standard InChI is InChI=1S/C53H54BF15N2/c1-21(2)27-15-30(23(5)6)52(31(16-27)24(7)8)70-14-13-29(71(20-70)53-32(25(9)10)17-28(22(3)4)18-33(53)26(11)12)19-54(34-37(55)43(61)49(67)44(62)38(34)56,35-39(57)45(63)50(68)46(64)40(35)58)36-41(59)47(65)51(69)48(66)42(36)60/h15-18,20-26,29H,13-14,19H2,1-12H3/t29-/m1/s1. The van der Waals surface area contributed by atoms with Gasteiger partial charge in [-0.1, -0.05) is 107 Å². The Hall–Kier alpha value is -5.42. The second-order valence-corrected chi connectivity index (χ2v) is 20.4. The highest BCUT2D eigenvalue weighted by atomic mass is 19.2. The first-order valence-corrected chi connectivity index (χ1v) is 23.4. The van der Waals surface area contributed by atoms with Gasteiger partial charge in [-0.05, 0) is 46.6 Å². The van der Waals surface area contributed by atoms with Crippen molar-refractivity contribution < 1.29 is 70.4 Å². The van der Waals surface area contributed by atoms with E-state index in [-0.39, 0.29) is 35.9 Å². The Bertz CT molecular complexity index is 2650. The van der Waals surface area contributed by atoms with Gasteiger partial charge in [-0.2, -0.15) is 0 Å². The monoisotopic (exact) mass is 1010 g/mol. The summed E-state index contributed by atoms with van der Waals surface area (Å²) in [7, 11) is 0. The van der Waals surface area contributed by atoms with Gasteiger partial charge in [0.05, 0.1) is 12.6 Å². The lowest BCUT2D eigenvalue weighted by molar-refractivity contribution is -0.443. The van der Waals surface area contributed by atoms with Gasteiger partial charge in [-0.25, -0.2) is 75.3 Å². The summed E-state index contributed by atoms with van der Waals surface area (Å²) in [5, 5.41) is 0. The van der Waals surface area contributed by atoms with Gasteiger partial charge >= 0.3 is 0 Å². The Morgan fingerprint density at radius 3 is 0.944 bits per heavy atom. The molecule has 71 heavy (non-hydrogen) atoms. The quantitative estimate of drug-likeness (QED) is 0.0375. The van der Waals surface area contributed by atoms with Crippen LogP contribution in [-0.4, -0.2) is 29.6 Å². The van der Waals surface area contributed by atoms with E-state index in [0.717, 1.165) is 22.3 Å². The topological polar surface area (TPSA) is 6.25 Å². The summed E-state index contributed by atoms with van der Waals surface area (Å²) in [5.41, 5.74) is -2.46. The van der Waals surface area contributed by atoms with Crippen LogP contribution in [0.5, 0.6) is 0 Å². The second kappa shape index (κ2) is 20.2. The maximum absolute atomic E-state index is 16.9. The summed E-state index contributed by atoms with van der Waals surface area (Å²) >= 11 is 0. The fraction of sp³-hybridized carbons (Fsp3) is 0.415. The second-order valence-electron chi connectivity index (χ2n) is 20.4. The largest absolute Gasteiger partial charge is 0.244 e. The zero-order chi connectivity index (χ0) is 53.4. The van der Waals surface area contributed by atoms with Crippen LogP contribution in [0.4, 0.5) is 77.2 Å². The minimum absolute atomic E-state index is 0.0491. The molecule has 2 nitrogen and oxygen atoms in total. The van der Waals surface area contributed by atoms with Gasteiger partial charge in [0.1, 0.15) is 52.4 Å². The third-order valence-electron chi connectivity index (χ3n) is 13.9. The van der Waals surface area contributed by atoms with Crippen LogP contribution in [0.25, 0.3) is 0 Å². The summed E-state index contributed by atoms with van der Waals surface area (Å²) in [5.74, 6) is -46.4. The fourth-order valence-electron chi connectivity index (χ4n) is 10.2. The molecule has 0 fully saturated rings. The van der Waals surface area contributed by atoms with E-state index in [2.05, 4.69) is 0 Å². The fourth-order valence-corrected chi connectivity index (χ4v) is 10.2. The Kier molecular flexibility index (Phi) is 15.7. The van der Waals surface area contributed by atoms with Gasteiger partial charge in [-0.15, -0.1) is 22.7 Å². The number of benzene rings is 5. The number of rotatable bonds is 13. The normalized spacial score (nSPS) is 14.7. The molecule has 18 heteroatoms. The van der Waals surface area contributed by atoms with Crippen molar-refractivity contribution >= 4 is 40.2 Å². The molecule has 5 aromatic rings. The van der Waals surface area contributed by atoms with Crippen LogP contribution in [-0.2, 0) is 0 Å². The van der Waals surface area contributed by atoms with Crippen LogP contribution >= 0.6 is 0 Å². The average molecular weight is 1010 g/mol. The molecule has 1 atom stereocenters. The van der Waals surface area contributed by atoms with Gasteiger partial charge in [0.25, 0.3) is 0 Å². The van der Waals surface area contributed by atoms with Gasteiger partial charge in [-0.3, -0.25) is 0 Å². The number of anilines is 1. The Morgan fingerprint density at radius 1 is 0.408 bits per heavy atom. The smallest absolute Gasteiger partial charge is 0.234 e. The van der Waals surface area contributed by atoms with Crippen LogP contribution in [0.1, 0.15) is 158 Å². The van der Waals surface area contributed by atoms with Crippen molar-refractivity contribution in [3.8, 4) is 0 Å². The molecule has 0 unspecified atom stereocenters. The molecule has 1 heterocycles. The van der Waals surface area contributed by atoms with Gasteiger partial charge in [0, 0.05) is 28.7 Å². The zero-order valence-corrected chi connectivity index (χ0v) is 41.2. The molecule has 0 aliphatic carbocycles. The Balaban J connectivity index is 1.93. The van der Waals surface area contributed by atoms with E-state index in [1.165, 1.54) is 11.2 Å². The van der Waals surface area contributed by atoms with E-state index in [4.69, 9.17) is 0 Å². The molecule has 6 rings (SSSR count). The molecule has 0 aromatic heterocycles. The van der Waals surface area contributed by atoms with E-state index >= 15 is 52.7 Å². The summed E-state index contributed by atoms with van der Waals surface area (Å²) < 4.78 is 242. The van der Waals surface area contributed by atoms with Crippen LogP contribution in [0.2, 0.25) is 6.32 Å². The maximum Gasteiger partial charge on any atom is 0.244 e. The molecule has 0 bridgehead atoms. The summed E-state index contributed by atoms with van der Waals surface area (Å²) in [6, 6.07) is 5.80. The highest BCUT2D eigenvalue weighted by molar-refractivity contribution is 7.11. The highest BCUT2D eigenvalue weighted by Gasteiger charge is 2.51. The van der Waals surface area contributed by atoms with Gasteiger partial charge < -0.3 is 0 Å². The molecule has 5 aromatic carbocycles. The first kappa shape index (κ1) is 54.9. The lowest BCUT2D eigenvalue weighted by Crippen LogP contribution is -2.75. The van der Waals surface area contributed by atoms with Crippen LogP contribution in [0.3, 0.4) is 0 Å². The lowest BCUT2D eigenvalue weighted by atomic mass is 9.13. The van der Waals surface area contributed by atoms with Crippen molar-refractivity contribution in [2.45, 2.75) is 137 Å². The zero-order valence-electron chi connectivity index (χ0n) is 41.2. The number of halogens is 15. The SMILES string of the molecule is CC(C)c1cc(C(C)C)c(N2C=[N+](c3c(C(C)C)cc(C(C)C)cc3C(C)C)CC[C@@H]2C[B-](c2c(F)c(F)c(F)c(F)c2F)(c2c(F)c(F)c(F)c(F)c2F)c2c(F)c(F)c(F)c(F)c2F)c(C(C)C)c1. The molecule has 0 spiro atoms. The highest BCUT2D eigenvalue weighted by Crippen LogP contribution is 2.44. The van der Waals surface area contributed by atoms with Crippen molar-refractivity contribution in [2.75, 3.05) is 11.4 Å². The predicted octanol–water partition coefficient (Wildman–Crippen LogP) is 14.6. The maximum atomic E-state index is 16.9. The minimum Gasteiger partial charge on any atom is -0.234 e. The molecule has 0 radical (unpaired) electrons. The van der Waals surface area contributed by atoms with E-state index in [0.29, 0.717) is 16.8 Å². The third kappa shape index (κ3) is 9.12. The average Bonchev–Trinajstić information content (AvgIpc) is 3.31. The van der Waals surface area contributed by atoms with Crippen LogP contribution in [0, 0.1) is 87.3 Å². The van der Waals surface area contributed by atoms with Gasteiger partial charge in [0.2, 0.25) is 6.34 Å². The van der Waals surface area contributed by atoms with E-state index < -0.39 is 140 Å².